The predicted octanol–water partition coefficient (Wildman–Crippen LogP) is 4.18. The Bertz CT molecular complexity index is 1190. The van der Waals surface area contributed by atoms with Gasteiger partial charge in [-0.15, -0.1) is 0 Å². The summed E-state index contributed by atoms with van der Waals surface area (Å²) in [5.41, 5.74) is 2.27. The van der Waals surface area contributed by atoms with Gasteiger partial charge in [0.25, 0.3) is 11.6 Å². The molecule has 0 aliphatic carbocycles. The molecule has 35 heavy (non-hydrogen) atoms. The average molecular weight is 476 g/mol. The van der Waals surface area contributed by atoms with E-state index in [1.807, 2.05) is 30.3 Å². The van der Waals surface area contributed by atoms with Gasteiger partial charge < -0.3 is 15.2 Å². The number of hydrogen-bond donors (Lipinski definition) is 2. The van der Waals surface area contributed by atoms with E-state index in [1.165, 1.54) is 24.3 Å². The number of nitro benzene ring substituents is 1. The molecule has 0 fully saturated rings. The third kappa shape index (κ3) is 6.50. The second-order valence-electron chi connectivity index (χ2n) is 7.70. The number of nitro groups is 1. The Morgan fingerprint density at radius 2 is 1.54 bits per heavy atom. The summed E-state index contributed by atoms with van der Waals surface area (Å²) in [6.07, 6.45) is -0.337. The first-order chi connectivity index (χ1) is 16.8. The summed E-state index contributed by atoms with van der Waals surface area (Å²) < 4.78 is 4.98. The minimum Gasteiger partial charge on any atom is -0.480 e. The molecule has 0 aliphatic rings. The van der Waals surface area contributed by atoms with E-state index < -0.39 is 34.7 Å². The number of ether oxygens (including phenoxy) is 1. The van der Waals surface area contributed by atoms with Gasteiger partial charge in [0, 0.05) is 23.6 Å². The Kier molecular flexibility index (Phi) is 8.29. The van der Waals surface area contributed by atoms with Crippen LogP contribution in [0.15, 0.2) is 78.9 Å². The molecule has 0 bridgehead atoms. The molecule has 0 heterocycles. The lowest BCUT2D eigenvalue weighted by molar-refractivity contribution is -0.384. The first-order valence-electron chi connectivity index (χ1n) is 10.9. The van der Waals surface area contributed by atoms with Crippen molar-refractivity contribution in [3.05, 3.63) is 100 Å². The number of esters is 1. The van der Waals surface area contributed by atoms with Crippen LogP contribution < -0.4 is 5.32 Å². The molecule has 0 saturated carbocycles. The van der Waals surface area contributed by atoms with Crippen molar-refractivity contribution < 1.29 is 29.2 Å². The molecule has 2 N–H and O–H groups in total. The number of amides is 1. The average Bonchev–Trinajstić information content (AvgIpc) is 2.86. The molecule has 3 aromatic rings. The Balaban J connectivity index is 1.86. The second-order valence-corrected chi connectivity index (χ2v) is 7.70. The van der Waals surface area contributed by atoms with Gasteiger partial charge >= 0.3 is 11.9 Å². The summed E-state index contributed by atoms with van der Waals surface area (Å²) in [5, 5.41) is 23.4. The number of rotatable bonds is 10. The predicted molar refractivity (Wildman–Crippen MR) is 128 cm³/mol. The van der Waals surface area contributed by atoms with Crippen molar-refractivity contribution in [2.75, 3.05) is 6.61 Å². The van der Waals surface area contributed by atoms with Crippen LogP contribution in [0.3, 0.4) is 0 Å². The molecule has 0 saturated heterocycles. The maximum absolute atomic E-state index is 12.9. The minimum absolute atomic E-state index is 0.101. The van der Waals surface area contributed by atoms with Crippen molar-refractivity contribution in [1.82, 2.24) is 5.32 Å². The molecule has 0 aromatic heterocycles. The van der Waals surface area contributed by atoms with E-state index >= 15 is 0 Å². The fraction of sp³-hybridized carbons (Fsp3) is 0.192. The molecule has 180 valence electrons. The highest BCUT2D eigenvalue weighted by Crippen LogP contribution is 2.27. The van der Waals surface area contributed by atoms with Crippen LogP contribution in [0.4, 0.5) is 5.69 Å². The molecule has 9 nitrogen and oxygen atoms in total. The van der Waals surface area contributed by atoms with Crippen molar-refractivity contribution >= 4 is 23.5 Å². The monoisotopic (exact) mass is 476 g/mol. The molecular formula is C26H24N2O7. The highest BCUT2D eigenvalue weighted by Gasteiger charge is 2.33. The normalized spacial score (nSPS) is 12.3. The van der Waals surface area contributed by atoms with Gasteiger partial charge in [0.05, 0.1) is 18.0 Å². The summed E-state index contributed by atoms with van der Waals surface area (Å²) in [6, 6.07) is 19.9. The van der Waals surface area contributed by atoms with Gasteiger partial charge in [-0.1, -0.05) is 54.6 Å². The number of nitrogens with zero attached hydrogens (tertiary/aromatic N) is 1. The summed E-state index contributed by atoms with van der Waals surface area (Å²) >= 11 is 0. The first-order valence-corrected chi connectivity index (χ1v) is 10.9. The fourth-order valence-corrected chi connectivity index (χ4v) is 3.67. The smallest absolute Gasteiger partial charge is 0.326 e. The third-order valence-electron chi connectivity index (χ3n) is 5.43. The first kappa shape index (κ1) is 25.1. The van der Waals surface area contributed by atoms with Gasteiger partial charge in [-0.05, 0) is 35.7 Å². The van der Waals surface area contributed by atoms with Gasteiger partial charge in [-0.25, -0.2) is 4.79 Å². The van der Waals surface area contributed by atoms with Gasteiger partial charge in [-0.3, -0.25) is 19.7 Å². The van der Waals surface area contributed by atoms with Gasteiger partial charge in [-0.2, -0.15) is 0 Å². The van der Waals surface area contributed by atoms with Crippen molar-refractivity contribution in [3.63, 3.8) is 0 Å². The van der Waals surface area contributed by atoms with Crippen molar-refractivity contribution in [2.45, 2.75) is 25.3 Å². The highest BCUT2D eigenvalue weighted by atomic mass is 16.6. The number of benzene rings is 3. The van der Waals surface area contributed by atoms with E-state index in [0.717, 1.165) is 11.1 Å². The lowest BCUT2D eigenvalue weighted by atomic mass is 9.88. The maximum Gasteiger partial charge on any atom is 0.326 e. The molecule has 3 aromatic carbocycles. The number of aliphatic carboxylic acids is 1. The van der Waals surface area contributed by atoms with E-state index in [-0.39, 0.29) is 24.3 Å². The molecule has 2 atom stereocenters. The number of hydrogen-bond acceptors (Lipinski definition) is 6. The van der Waals surface area contributed by atoms with Crippen LogP contribution in [0, 0.1) is 10.1 Å². The number of non-ortho nitro benzene ring substituents is 1. The van der Waals surface area contributed by atoms with Crippen molar-refractivity contribution in [2.24, 2.45) is 0 Å². The highest BCUT2D eigenvalue weighted by molar-refractivity contribution is 5.97. The Morgan fingerprint density at radius 3 is 2.09 bits per heavy atom. The van der Waals surface area contributed by atoms with Gasteiger partial charge in [0.15, 0.2) is 0 Å². The molecule has 3 rings (SSSR count). The molecule has 9 heteroatoms. The molecule has 0 unspecified atom stereocenters. The summed E-state index contributed by atoms with van der Waals surface area (Å²) in [4.78, 5) is 47.7. The van der Waals surface area contributed by atoms with E-state index in [4.69, 9.17) is 4.74 Å². The molecule has 1 amide bonds. The zero-order chi connectivity index (χ0) is 25.4. The van der Waals surface area contributed by atoms with Crippen molar-refractivity contribution in [1.29, 1.82) is 0 Å². The van der Waals surface area contributed by atoms with Crippen LogP contribution in [0.2, 0.25) is 0 Å². The maximum atomic E-state index is 12.9. The summed E-state index contributed by atoms with van der Waals surface area (Å²) in [7, 11) is 0. The van der Waals surface area contributed by atoms with Crippen LogP contribution in [0.25, 0.3) is 11.1 Å². The number of carbonyl (C=O) groups excluding carboxylic acids is 2. The van der Waals surface area contributed by atoms with E-state index in [1.54, 1.807) is 31.2 Å². The Morgan fingerprint density at radius 1 is 0.943 bits per heavy atom. The zero-order valence-electron chi connectivity index (χ0n) is 18.9. The molecule has 0 radical (unpaired) electrons. The number of nitrogens with one attached hydrogen (secondary N) is 1. The van der Waals surface area contributed by atoms with Crippen LogP contribution in [0.1, 0.15) is 35.2 Å². The van der Waals surface area contributed by atoms with E-state index in [0.29, 0.717) is 5.56 Å². The van der Waals surface area contributed by atoms with Crippen LogP contribution in [-0.2, 0) is 14.3 Å². The Labute approximate surface area is 201 Å². The SMILES string of the molecule is CCOC(=O)C[C@@H](c1ccc([N+](=O)[O-])cc1)[C@@H](NC(=O)c1ccc(-c2ccccc2)cc1)C(=O)O. The number of carbonyl (C=O) groups is 3. The number of carboxylic acids is 1. The van der Waals surface area contributed by atoms with Crippen LogP contribution in [-0.4, -0.2) is 40.5 Å². The molecular weight excluding hydrogens is 452 g/mol. The Hall–Kier alpha value is -4.53. The van der Waals surface area contributed by atoms with E-state index in [2.05, 4.69) is 5.32 Å². The quantitative estimate of drug-likeness (QED) is 0.254. The van der Waals surface area contributed by atoms with Crippen molar-refractivity contribution in [3.8, 4) is 11.1 Å². The standard InChI is InChI=1S/C26H24N2O7/c1-2-35-23(29)16-22(19-12-14-21(15-13-19)28(33)34)24(26(31)32)27-25(30)20-10-8-18(9-11-20)17-6-4-3-5-7-17/h3-15,22,24H,2,16H2,1H3,(H,27,30)(H,31,32)/t22-,24+/m0/s1. The molecule has 0 aliphatic heterocycles. The van der Waals surface area contributed by atoms with Crippen LogP contribution in [0.5, 0.6) is 0 Å². The third-order valence-corrected chi connectivity index (χ3v) is 5.43. The zero-order valence-corrected chi connectivity index (χ0v) is 18.9. The molecule has 0 spiro atoms. The largest absolute Gasteiger partial charge is 0.480 e. The summed E-state index contributed by atoms with van der Waals surface area (Å²) in [5.74, 6) is -3.65. The van der Waals surface area contributed by atoms with E-state index in [9.17, 15) is 29.6 Å². The van der Waals surface area contributed by atoms with Gasteiger partial charge in [0.1, 0.15) is 6.04 Å². The fourth-order valence-electron chi connectivity index (χ4n) is 3.67. The second kappa shape index (κ2) is 11.6. The lowest BCUT2D eigenvalue weighted by Crippen LogP contribution is -2.45. The van der Waals surface area contributed by atoms with Crippen LogP contribution >= 0.6 is 0 Å². The summed E-state index contributed by atoms with van der Waals surface area (Å²) in [6.45, 7) is 1.72. The minimum atomic E-state index is -1.48. The number of carboxylic acid groups (broad SMARTS) is 1. The van der Waals surface area contributed by atoms with Gasteiger partial charge in [0.2, 0.25) is 0 Å². The topological polar surface area (TPSA) is 136 Å². The lowest BCUT2D eigenvalue weighted by Gasteiger charge is -2.25.